The van der Waals surface area contributed by atoms with E-state index in [0.717, 1.165) is 19.3 Å². The minimum atomic E-state index is -0.592. The Kier molecular flexibility index (Phi) is 5.50. The van der Waals surface area contributed by atoms with E-state index >= 15 is 0 Å². The van der Waals surface area contributed by atoms with Crippen molar-refractivity contribution in [2.24, 2.45) is 0 Å². The SMILES string of the molecule is COCCC(C)(O)CCCc1ccccc1. The van der Waals surface area contributed by atoms with Gasteiger partial charge in [0.15, 0.2) is 0 Å². The maximum atomic E-state index is 10.0. The zero-order valence-corrected chi connectivity index (χ0v) is 10.3. The molecule has 0 fully saturated rings. The highest BCUT2D eigenvalue weighted by molar-refractivity contribution is 5.14. The lowest BCUT2D eigenvalue weighted by molar-refractivity contribution is 0.0158. The summed E-state index contributed by atoms with van der Waals surface area (Å²) in [5, 5.41) is 10.0. The van der Waals surface area contributed by atoms with Crippen molar-refractivity contribution in [3.8, 4) is 0 Å². The molecule has 0 heterocycles. The largest absolute Gasteiger partial charge is 0.390 e. The van der Waals surface area contributed by atoms with Gasteiger partial charge in [-0.25, -0.2) is 0 Å². The third kappa shape index (κ3) is 5.29. The minimum absolute atomic E-state index is 0.592. The topological polar surface area (TPSA) is 29.5 Å². The van der Waals surface area contributed by atoms with Crippen molar-refractivity contribution in [1.82, 2.24) is 0 Å². The molecule has 1 aromatic carbocycles. The first-order chi connectivity index (χ1) is 7.64. The molecule has 0 aromatic heterocycles. The molecule has 0 saturated carbocycles. The summed E-state index contributed by atoms with van der Waals surface area (Å²) in [5.74, 6) is 0. The normalized spacial score (nSPS) is 14.7. The summed E-state index contributed by atoms with van der Waals surface area (Å²) in [7, 11) is 1.67. The third-order valence-electron chi connectivity index (χ3n) is 2.87. The van der Waals surface area contributed by atoms with Gasteiger partial charge in [0.1, 0.15) is 0 Å². The monoisotopic (exact) mass is 222 g/mol. The van der Waals surface area contributed by atoms with Crippen molar-refractivity contribution in [3.05, 3.63) is 35.9 Å². The molecule has 0 aliphatic rings. The average Bonchev–Trinajstić information content (AvgIpc) is 2.28. The van der Waals surface area contributed by atoms with E-state index < -0.39 is 5.60 Å². The summed E-state index contributed by atoms with van der Waals surface area (Å²) < 4.78 is 4.98. The first kappa shape index (κ1) is 13.2. The molecule has 1 atom stereocenters. The lowest BCUT2D eigenvalue weighted by Crippen LogP contribution is -2.25. The molecular weight excluding hydrogens is 200 g/mol. The molecule has 0 aliphatic heterocycles. The van der Waals surface area contributed by atoms with Crippen LogP contribution in [0.4, 0.5) is 0 Å². The van der Waals surface area contributed by atoms with E-state index in [4.69, 9.17) is 4.74 Å². The van der Waals surface area contributed by atoms with Crippen LogP contribution in [0.15, 0.2) is 30.3 Å². The standard InChI is InChI=1S/C14H22O2/c1-14(15,11-12-16-2)10-6-9-13-7-4-3-5-8-13/h3-5,7-8,15H,6,9-12H2,1-2H3. The number of ether oxygens (including phenoxy) is 1. The predicted octanol–water partition coefficient (Wildman–Crippen LogP) is 2.80. The number of aryl methyl sites for hydroxylation is 1. The number of aliphatic hydroxyl groups is 1. The van der Waals surface area contributed by atoms with Gasteiger partial charge in [-0.15, -0.1) is 0 Å². The van der Waals surface area contributed by atoms with Crippen LogP contribution in [0.5, 0.6) is 0 Å². The second-order valence-corrected chi connectivity index (χ2v) is 4.58. The Morgan fingerprint density at radius 1 is 1.19 bits per heavy atom. The fourth-order valence-electron chi connectivity index (χ4n) is 1.76. The van der Waals surface area contributed by atoms with Crippen LogP contribution in [0.1, 0.15) is 31.7 Å². The second kappa shape index (κ2) is 6.66. The van der Waals surface area contributed by atoms with Crippen LogP contribution < -0.4 is 0 Å². The first-order valence-electron chi connectivity index (χ1n) is 5.89. The number of rotatable bonds is 7. The summed E-state index contributed by atoms with van der Waals surface area (Å²) in [6.07, 6.45) is 3.58. The average molecular weight is 222 g/mol. The lowest BCUT2D eigenvalue weighted by atomic mass is 9.94. The maximum absolute atomic E-state index is 10.0. The molecule has 0 bridgehead atoms. The Labute approximate surface area is 98.3 Å². The molecular formula is C14H22O2. The highest BCUT2D eigenvalue weighted by Gasteiger charge is 2.18. The Morgan fingerprint density at radius 3 is 2.50 bits per heavy atom. The van der Waals surface area contributed by atoms with E-state index in [9.17, 15) is 5.11 Å². The van der Waals surface area contributed by atoms with Crippen molar-refractivity contribution < 1.29 is 9.84 Å². The molecule has 90 valence electrons. The number of benzene rings is 1. The fraction of sp³-hybridized carbons (Fsp3) is 0.571. The highest BCUT2D eigenvalue weighted by Crippen LogP contribution is 2.18. The van der Waals surface area contributed by atoms with E-state index in [1.54, 1.807) is 7.11 Å². The zero-order chi connectivity index (χ0) is 11.9. The molecule has 2 nitrogen and oxygen atoms in total. The van der Waals surface area contributed by atoms with Crippen LogP contribution in [0.2, 0.25) is 0 Å². The molecule has 0 saturated heterocycles. The van der Waals surface area contributed by atoms with Crippen LogP contribution in [0.3, 0.4) is 0 Å². The summed E-state index contributed by atoms with van der Waals surface area (Å²) in [4.78, 5) is 0. The molecule has 16 heavy (non-hydrogen) atoms. The van der Waals surface area contributed by atoms with Gasteiger partial charge in [-0.2, -0.15) is 0 Å². The van der Waals surface area contributed by atoms with Crippen molar-refractivity contribution in [3.63, 3.8) is 0 Å². The molecule has 1 N–H and O–H groups in total. The summed E-state index contributed by atoms with van der Waals surface area (Å²) in [5.41, 5.74) is 0.746. The molecule has 0 spiro atoms. The van der Waals surface area contributed by atoms with Crippen molar-refractivity contribution >= 4 is 0 Å². The van der Waals surface area contributed by atoms with Crippen molar-refractivity contribution in [2.75, 3.05) is 13.7 Å². The first-order valence-corrected chi connectivity index (χ1v) is 5.89. The summed E-state index contributed by atoms with van der Waals surface area (Å²) in [6.45, 7) is 2.51. The third-order valence-corrected chi connectivity index (χ3v) is 2.87. The fourth-order valence-corrected chi connectivity index (χ4v) is 1.76. The van der Waals surface area contributed by atoms with Gasteiger partial charge in [0, 0.05) is 13.7 Å². The quantitative estimate of drug-likeness (QED) is 0.768. The van der Waals surface area contributed by atoms with E-state index in [1.165, 1.54) is 5.56 Å². The van der Waals surface area contributed by atoms with E-state index in [0.29, 0.717) is 13.0 Å². The molecule has 2 heteroatoms. The molecule has 1 rings (SSSR count). The molecule has 1 unspecified atom stereocenters. The maximum Gasteiger partial charge on any atom is 0.0641 e. The molecule has 0 amide bonds. The summed E-state index contributed by atoms with van der Waals surface area (Å²) >= 11 is 0. The van der Waals surface area contributed by atoms with E-state index in [2.05, 4.69) is 24.3 Å². The van der Waals surface area contributed by atoms with Crippen LogP contribution in [0.25, 0.3) is 0 Å². The van der Waals surface area contributed by atoms with Gasteiger partial charge in [0.25, 0.3) is 0 Å². The second-order valence-electron chi connectivity index (χ2n) is 4.58. The predicted molar refractivity (Wildman–Crippen MR) is 66.5 cm³/mol. The minimum Gasteiger partial charge on any atom is -0.390 e. The van der Waals surface area contributed by atoms with Crippen LogP contribution in [-0.4, -0.2) is 24.4 Å². The van der Waals surface area contributed by atoms with E-state index in [1.807, 2.05) is 13.0 Å². The highest BCUT2D eigenvalue weighted by atomic mass is 16.5. The van der Waals surface area contributed by atoms with Gasteiger partial charge in [-0.1, -0.05) is 30.3 Å². The number of methoxy groups -OCH3 is 1. The molecule has 1 aromatic rings. The van der Waals surface area contributed by atoms with Gasteiger partial charge in [0.05, 0.1) is 5.60 Å². The smallest absolute Gasteiger partial charge is 0.0641 e. The Hall–Kier alpha value is -0.860. The van der Waals surface area contributed by atoms with Gasteiger partial charge in [-0.05, 0) is 38.2 Å². The van der Waals surface area contributed by atoms with Crippen molar-refractivity contribution in [1.29, 1.82) is 0 Å². The van der Waals surface area contributed by atoms with Gasteiger partial charge < -0.3 is 9.84 Å². The van der Waals surface area contributed by atoms with Crippen LogP contribution in [0, 0.1) is 0 Å². The zero-order valence-electron chi connectivity index (χ0n) is 10.3. The lowest BCUT2D eigenvalue weighted by Gasteiger charge is -2.22. The van der Waals surface area contributed by atoms with Crippen molar-refractivity contribution in [2.45, 2.75) is 38.2 Å². The van der Waals surface area contributed by atoms with Crippen LogP contribution >= 0.6 is 0 Å². The van der Waals surface area contributed by atoms with Crippen LogP contribution in [-0.2, 0) is 11.2 Å². The molecule has 0 radical (unpaired) electrons. The summed E-state index contributed by atoms with van der Waals surface area (Å²) in [6, 6.07) is 10.4. The van der Waals surface area contributed by atoms with Gasteiger partial charge in [0.2, 0.25) is 0 Å². The van der Waals surface area contributed by atoms with E-state index in [-0.39, 0.29) is 0 Å². The Morgan fingerprint density at radius 2 is 1.88 bits per heavy atom. The Bertz CT molecular complexity index is 280. The molecule has 0 aliphatic carbocycles. The van der Waals surface area contributed by atoms with Gasteiger partial charge in [-0.3, -0.25) is 0 Å². The number of hydrogen-bond acceptors (Lipinski definition) is 2. The van der Waals surface area contributed by atoms with Gasteiger partial charge >= 0.3 is 0 Å². The number of hydrogen-bond donors (Lipinski definition) is 1. The Balaban J connectivity index is 2.24.